The van der Waals surface area contributed by atoms with E-state index in [9.17, 15) is 9.59 Å². The van der Waals surface area contributed by atoms with Crippen LogP contribution in [-0.2, 0) is 17.8 Å². The Bertz CT molecular complexity index is 1020. The number of hydrogen-bond donors (Lipinski definition) is 2. The summed E-state index contributed by atoms with van der Waals surface area (Å²) in [5.41, 5.74) is 0.552. The molecule has 2 N–H and O–H groups in total. The van der Waals surface area contributed by atoms with Crippen LogP contribution in [0.15, 0.2) is 53.7 Å². The van der Waals surface area contributed by atoms with Gasteiger partial charge < -0.3 is 19.9 Å². The van der Waals surface area contributed by atoms with Gasteiger partial charge in [0.15, 0.2) is 10.3 Å². The molecule has 11 heteroatoms. The van der Waals surface area contributed by atoms with Crippen LogP contribution >= 0.6 is 23.1 Å². The number of anilines is 1. The quantitative estimate of drug-likeness (QED) is 0.336. The number of ether oxygens (including phenoxy) is 1. The van der Waals surface area contributed by atoms with E-state index in [1.165, 1.54) is 23.1 Å². The minimum absolute atomic E-state index is 0.165. The summed E-state index contributed by atoms with van der Waals surface area (Å²) >= 11 is 2.65. The number of thiazole rings is 1. The Hall–Kier alpha value is -3.18. The number of rotatable bonds is 11. The summed E-state index contributed by atoms with van der Waals surface area (Å²) in [5.74, 6) is 1.24. The first kappa shape index (κ1) is 22.5. The first-order chi connectivity index (χ1) is 15.1. The zero-order valence-electron chi connectivity index (χ0n) is 16.9. The van der Waals surface area contributed by atoms with E-state index >= 15 is 0 Å². The second-order valence-electron chi connectivity index (χ2n) is 6.21. The Morgan fingerprint density at radius 1 is 1.29 bits per heavy atom. The molecule has 0 spiro atoms. The number of carbonyl (C=O) groups is 2. The Labute approximate surface area is 187 Å². The van der Waals surface area contributed by atoms with Gasteiger partial charge in [-0.25, -0.2) is 4.98 Å². The molecule has 3 rings (SSSR count). The highest BCUT2D eigenvalue weighted by Crippen LogP contribution is 2.19. The molecule has 0 aliphatic rings. The number of methoxy groups -OCH3 is 1. The van der Waals surface area contributed by atoms with E-state index in [1.54, 1.807) is 49.0 Å². The summed E-state index contributed by atoms with van der Waals surface area (Å²) in [6, 6.07) is 6.90. The van der Waals surface area contributed by atoms with Gasteiger partial charge in [0.2, 0.25) is 5.91 Å². The van der Waals surface area contributed by atoms with Gasteiger partial charge in [0.1, 0.15) is 11.6 Å². The molecule has 31 heavy (non-hydrogen) atoms. The summed E-state index contributed by atoms with van der Waals surface area (Å²) in [4.78, 5) is 28.4. The van der Waals surface area contributed by atoms with Crippen molar-refractivity contribution in [3.63, 3.8) is 0 Å². The highest BCUT2D eigenvalue weighted by molar-refractivity contribution is 7.99. The number of nitrogens with one attached hydrogen (secondary N) is 2. The molecule has 0 saturated heterocycles. The molecule has 9 nitrogen and oxygen atoms in total. The van der Waals surface area contributed by atoms with Crippen molar-refractivity contribution in [1.29, 1.82) is 0 Å². The normalized spacial score (nSPS) is 10.5. The van der Waals surface area contributed by atoms with E-state index in [2.05, 4.69) is 32.4 Å². The van der Waals surface area contributed by atoms with Crippen molar-refractivity contribution < 1.29 is 14.3 Å². The van der Waals surface area contributed by atoms with E-state index in [4.69, 9.17) is 4.74 Å². The Morgan fingerprint density at radius 2 is 2.10 bits per heavy atom. The number of nitrogens with zero attached hydrogens (tertiary/aromatic N) is 4. The summed E-state index contributed by atoms with van der Waals surface area (Å²) < 4.78 is 6.98. The van der Waals surface area contributed by atoms with Crippen LogP contribution in [-0.4, -0.2) is 51.0 Å². The van der Waals surface area contributed by atoms with E-state index in [1.807, 2.05) is 4.57 Å². The lowest BCUT2D eigenvalue weighted by atomic mass is 10.2. The third-order valence-corrected chi connectivity index (χ3v) is 5.76. The highest BCUT2D eigenvalue weighted by atomic mass is 32.2. The molecule has 0 fully saturated rings. The van der Waals surface area contributed by atoms with Crippen LogP contribution in [0.1, 0.15) is 16.2 Å². The van der Waals surface area contributed by atoms with Gasteiger partial charge in [-0.3, -0.25) is 9.59 Å². The zero-order chi connectivity index (χ0) is 22.1. The molecule has 0 aliphatic carbocycles. The Balaban J connectivity index is 1.53. The minimum atomic E-state index is -0.175. The summed E-state index contributed by atoms with van der Waals surface area (Å²) in [6.07, 6.45) is 3.87. The molecule has 1 aromatic carbocycles. The van der Waals surface area contributed by atoms with Crippen LogP contribution in [0.25, 0.3) is 0 Å². The third kappa shape index (κ3) is 6.40. The van der Waals surface area contributed by atoms with Crippen LogP contribution in [0.4, 0.5) is 5.13 Å². The fourth-order valence-electron chi connectivity index (χ4n) is 2.63. The lowest BCUT2D eigenvalue weighted by Crippen LogP contribution is -2.26. The fraction of sp³-hybridized carbons (Fsp3) is 0.250. The summed E-state index contributed by atoms with van der Waals surface area (Å²) in [5, 5.41) is 17.0. The van der Waals surface area contributed by atoms with Crippen LogP contribution in [0.2, 0.25) is 0 Å². The van der Waals surface area contributed by atoms with E-state index < -0.39 is 0 Å². The van der Waals surface area contributed by atoms with Crippen LogP contribution in [0.3, 0.4) is 0 Å². The van der Waals surface area contributed by atoms with Crippen molar-refractivity contribution in [3.05, 3.63) is 59.9 Å². The maximum atomic E-state index is 12.3. The first-order valence-corrected chi connectivity index (χ1v) is 11.2. The van der Waals surface area contributed by atoms with Crippen LogP contribution in [0.5, 0.6) is 5.75 Å². The molecule has 0 atom stereocenters. The molecule has 0 radical (unpaired) electrons. The molecule has 0 bridgehead atoms. The lowest BCUT2D eigenvalue weighted by molar-refractivity contribution is -0.113. The topological polar surface area (TPSA) is 111 Å². The van der Waals surface area contributed by atoms with Gasteiger partial charge >= 0.3 is 0 Å². The largest absolute Gasteiger partial charge is 0.497 e. The van der Waals surface area contributed by atoms with E-state index in [0.29, 0.717) is 46.9 Å². The average molecular weight is 459 g/mol. The molecule has 2 aromatic heterocycles. The van der Waals surface area contributed by atoms with Crippen molar-refractivity contribution in [2.45, 2.75) is 18.1 Å². The van der Waals surface area contributed by atoms with Gasteiger partial charge in [0.25, 0.3) is 5.91 Å². The zero-order valence-corrected chi connectivity index (χ0v) is 18.5. The molecule has 0 saturated carbocycles. The highest BCUT2D eigenvalue weighted by Gasteiger charge is 2.14. The number of aromatic nitrogens is 4. The minimum Gasteiger partial charge on any atom is -0.497 e. The molecule has 2 amide bonds. The molecule has 3 aromatic rings. The maximum absolute atomic E-state index is 12.3. The standard InChI is InChI=1S/C20H22N6O3S2/c1-3-11-26-16(8-9-21-18(28)14-4-6-15(29-2)7-5-14)24-25-20(26)31-13-17(27)23-19-22-10-12-30-19/h3-7,10,12H,1,8-9,11,13H2,2H3,(H,21,28)(H,22,23,27). The second-order valence-corrected chi connectivity index (χ2v) is 8.04. The number of allylic oxidation sites excluding steroid dienone is 1. The van der Waals surface area contributed by atoms with E-state index in [0.717, 1.165) is 0 Å². The third-order valence-electron chi connectivity index (χ3n) is 4.10. The fourth-order valence-corrected chi connectivity index (χ4v) is 3.94. The number of thioether (sulfide) groups is 1. The predicted octanol–water partition coefficient (Wildman–Crippen LogP) is 2.63. The second kappa shape index (κ2) is 11.3. The number of benzene rings is 1. The van der Waals surface area contributed by atoms with E-state index in [-0.39, 0.29) is 17.6 Å². The predicted molar refractivity (Wildman–Crippen MR) is 121 cm³/mol. The van der Waals surface area contributed by atoms with Crippen molar-refractivity contribution in [1.82, 2.24) is 25.1 Å². The Morgan fingerprint density at radius 3 is 2.77 bits per heavy atom. The van der Waals surface area contributed by atoms with Gasteiger partial charge in [-0.2, -0.15) is 0 Å². The van der Waals surface area contributed by atoms with Crippen molar-refractivity contribution >= 4 is 40.0 Å². The van der Waals surface area contributed by atoms with Gasteiger partial charge in [-0.1, -0.05) is 17.8 Å². The lowest BCUT2D eigenvalue weighted by Gasteiger charge is -2.09. The van der Waals surface area contributed by atoms with Crippen molar-refractivity contribution in [2.24, 2.45) is 0 Å². The van der Waals surface area contributed by atoms with Gasteiger partial charge in [-0.15, -0.1) is 28.1 Å². The summed E-state index contributed by atoms with van der Waals surface area (Å²) in [7, 11) is 1.58. The number of hydrogen-bond acceptors (Lipinski definition) is 8. The van der Waals surface area contributed by atoms with Gasteiger partial charge in [-0.05, 0) is 24.3 Å². The first-order valence-electron chi connectivity index (χ1n) is 9.38. The van der Waals surface area contributed by atoms with Crippen molar-refractivity contribution in [3.8, 4) is 5.75 Å². The number of carbonyl (C=O) groups excluding carboxylic acids is 2. The molecule has 0 aliphatic heterocycles. The van der Waals surface area contributed by atoms with Crippen LogP contribution < -0.4 is 15.4 Å². The Kier molecular flexibility index (Phi) is 8.19. The monoisotopic (exact) mass is 458 g/mol. The summed E-state index contributed by atoms with van der Waals surface area (Å²) in [6.45, 7) is 4.68. The van der Waals surface area contributed by atoms with Gasteiger partial charge in [0, 0.05) is 36.7 Å². The average Bonchev–Trinajstić information content (AvgIpc) is 3.43. The molecular formula is C20H22N6O3S2. The number of amides is 2. The maximum Gasteiger partial charge on any atom is 0.251 e. The molecule has 162 valence electrons. The smallest absolute Gasteiger partial charge is 0.251 e. The molecule has 0 unspecified atom stereocenters. The molecule has 2 heterocycles. The molecular weight excluding hydrogens is 436 g/mol. The SMILES string of the molecule is C=CCn1c(CCNC(=O)c2ccc(OC)cc2)nnc1SCC(=O)Nc1nccs1. The van der Waals surface area contributed by atoms with Crippen LogP contribution in [0, 0.1) is 0 Å². The van der Waals surface area contributed by atoms with Crippen molar-refractivity contribution in [2.75, 3.05) is 24.7 Å². The van der Waals surface area contributed by atoms with Gasteiger partial charge in [0.05, 0.1) is 12.9 Å².